The summed E-state index contributed by atoms with van der Waals surface area (Å²) < 4.78 is 13.2. The molecule has 2 rings (SSSR count). The maximum absolute atomic E-state index is 13.2. The lowest BCUT2D eigenvalue weighted by molar-refractivity contribution is -0.119. The number of likely N-dealkylation sites (tertiary alicyclic amines) is 1. The monoisotopic (exact) mass is 227 g/mol. The van der Waals surface area contributed by atoms with Crippen LogP contribution in [0.2, 0.25) is 5.02 Å². The molecule has 1 fully saturated rings. The number of carbonyl (C=O) groups excluding carboxylic acids is 1. The third kappa shape index (κ3) is 1.90. The molecule has 0 spiro atoms. The Bertz CT molecular complexity index is 408. The van der Waals surface area contributed by atoms with Crippen molar-refractivity contribution >= 4 is 17.4 Å². The van der Waals surface area contributed by atoms with Gasteiger partial charge in [0.2, 0.25) is 0 Å². The molecule has 1 aliphatic rings. The van der Waals surface area contributed by atoms with Crippen molar-refractivity contribution in [3.8, 4) is 0 Å². The Morgan fingerprint density at radius 3 is 2.80 bits per heavy atom. The molecule has 1 aromatic carbocycles. The average Bonchev–Trinajstić information content (AvgIpc) is 2.52. The van der Waals surface area contributed by atoms with Crippen molar-refractivity contribution in [2.24, 2.45) is 0 Å². The first kappa shape index (κ1) is 10.6. The molecule has 0 radical (unpaired) electrons. The van der Waals surface area contributed by atoms with Gasteiger partial charge >= 0.3 is 0 Å². The number of likely N-dealkylation sites (N-methyl/N-ethyl adjacent to an activating group) is 1. The molecular weight excluding hydrogens is 217 g/mol. The zero-order valence-electron chi connectivity index (χ0n) is 8.34. The Morgan fingerprint density at radius 1 is 1.53 bits per heavy atom. The number of halogens is 2. The molecule has 1 aliphatic heterocycles. The highest BCUT2D eigenvalue weighted by molar-refractivity contribution is 6.30. The molecular formula is C11H11ClFNO. The van der Waals surface area contributed by atoms with Crippen molar-refractivity contribution in [2.45, 2.75) is 12.5 Å². The number of benzene rings is 1. The number of hydrogen-bond acceptors (Lipinski definition) is 2. The van der Waals surface area contributed by atoms with Crippen LogP contribution in [0.3, 0.4) is 0 Å². The van der Waals surface area contributed by atoms with Gasteiger partial charge in [0.25, 0.3) is 0 Å². The van der Waals surface area contributed by atoms with Crippen LogP contribution in [0.1, 0.15) is 18.0 Å². The normalized spacial score (nSPS) is 22.3. The van der Waals surface area contributed by atoms with Gasteiger partial charge in [-0.25, -0.2) is 4.39 Å². The molecule has 1 heterocycles. The Morgan fingerprint density at radius 2 is 2.27 bits per heavy atom. The van der Waals surface area contributed by atoms with Crippen LogP contribution in [0.15, 0.2) is 18.2 Å². The first-order chi connectivity index (χ1) is 7.09. The molecule has 2 nitrogen and oxygen atoms in total. The van der Waals surface area contributed by atoms with Crippen molar-refractivity contribution in [3.05, 3.63) is 34.6 Å². The van der Waals surface area contributed by atoms with Crippen LogP contribution >= 0.6 is 11.6 Å². The van der Waals surface area contributed by atoms with Crippen molar-refractivity contribution in [1.82, 2.24) is 4.90 Å². The smallest absolute Gasteiger partial charge is 0.155 e. The van der Waals surface area contributed by atoms with Crippen LogP contribution in [-0.2, 0) is 4.79 Å². The van der Waals surface area contributed by atoms with E-state index in [1.54, 1.807) is 6.07 Å². The number of carbonyl (C=O) groups is 1. The molecule has 1 atom stereocenters. The van der Waals surface area contributed by atoms with Gasteiger partial charge in [0, 0.05) is 13.0 Å². The van der Waals surface area contributed by atoms with Gasteiger partial charge in [-0.3, -0.25) is 9.69 Å². The van der Waals surface area contributed by atoms with Crippen molar-refractivity contribution in [2.75, 3.05) is 13.6 Å². The van der Waals surface area contributed by atoms with Gasteiger partial charge in [-0.1, -0.05) is 17.7 Å². The molecule has 0 N–H and O–H groups in total. The summed E-state index contributed by atoms with van der Waals surface area (Å²) in [5.74, 6) is -0.332. The van der Waals surface area contributed by atoms with E-state index in [2.05, 4.69) is 0 Å². The zero-order valence-corrected chi connectivity index (χ0v) is 9.09. The standard InChI is InChI=1S/C11H11ClFNO/c1-14-5-4-10(15)11(14)7-2-3-8(12)9(13)6-7/h2-3,6,11H,4-5H2,1H3. The lowest BCUT2D eigenvalue weighted by Gasteiger charge is -2.18. The van der Waals surface area contributed by atoms with Crippen LogP contribution in [0.5, 0.6) is 0 Å². The molecule has 4 heteroatoms. The summed E-state index contributed by atoms with van der Waals surface area (Å²) in [7, 11) is 1.86. The maximum Gasteiger partial charge on any atom is 0.155 e. The predicted octanol–water partition coefficient (Wildman–Crippen LogP) is 2.42. The van der Waals surface area contributed by atoms with E-state index in [9.17, 15) is 9.18 Å². The SMILES string of the molecule is CN1CCC(=O)C1c1ccc(Cl)c(F)c1. The van der Waals surface area contributed by atoms with Gasteiger partial charge < -0.3 is 0 Å². The van der Waals surface area contributed by atoms with Crippen molar-refractivity contribution in [1.29, 1.82) is 0 Å². The lowest BCUT2D eigenvalue weighted by atomic mass is 10.0. The number of nitrogens with zero attached hydrogens (tertiary/aromatic N) is 1. The Hall–Kier alpha value is -0.930. The Labute approximate surface area is 92.6 Å². The van der Waals surface area contributed by atoms with Crippen LogP contribution in [-0.4, -0.2) is 24.3 Å². The van der Waals surface area contributed by atoms with Gasteiger partial charge in [0.15, 0.2) is 5.78 Å². The summed E-state index contributed by atoms with van der Waals surface area (Å²) in [6.45, 7) is 0.730. The van der Waals surface area contributed by atoms with Gasteiger partial charge in [0.05, 0.1) is 11.1 Å². The largest absolute Gasteiger partial charge is 0.297 e. The highest BCUT2D eigenvalue weighted by Gasteiger charge is 2.31. The third-order valence-corrected chi connectivity index (χ3v) is 3.02. The average molecular weight is 228 g/mol. The van der Waals surface area contributed by atoms with Crippen LogP contribution < -0.4 is 0 Å². The molecule has 0 bridgehead atoms. The summed E-state index contributed by atoms with van der Waals surface area (Å²) >= 11 is 5.59. The fraction of sp³-hybridized carbons (Fsp3) is 0.364. The van der Waals surface area contributed by atoms with E-state index in [1.807, 2.05) is 11.9 Å². The number of rotatable bonds is 1. The first-order valence-corrected chi connectivity index (χ1v) is 5.15. The summed E-state index contributed by atoms with van der Waals surface area (Å²) in [6.07, 6.45) is 0.533. The van der Waals surface area contributed by atoms with E-state index in [-0.39, 0.29) is 16.8 Å². The Balaban J connectivity index is 2.36. The fourth-order valence-electron chi connectivity index (χ4n) is 1.92. The maximum atomic E-state index is 13.2. The second-order valence-corrected chi connectivity index (χ2v) is 4.18. The van der Waals surface area contributed by atoms with Crippen molar-refractivity contribution < 1.29 is 9.18 Å². The minimum absolute atomic E-state index is 0.0897. The van der Waals surface area contributed by atoms with E-state index in [0.717, 1.165) is 6.54 Å². The number of ketones is 1. The van der Waals surface area contributed by atoms with E-state index >= 15 is 0 Å². The van der Waals surface area contributed by atoms with Crippen LogP contribution in [0.25, 0.3) is 0 Å². The highest BCUT2D eigenvalue weighted by Crippen LogP contribution is 2.29. The predicted molar refractivity (Wildman–Crippen MR) is 56.4 cm³/mol. The molecule has 1 aromatic rings. The lowest BCUT2D eigenvalue weighted by Crippen LogP contribution is -2.21. The number of Topliss-reactive ketones (excluding diaryl/α,β-unsaturated/α-hetero) is 1. The van der Waals surface area contributed by atoms with Crippen LogP contribution in [0, 0.1) is 5.82 Å². The molecule has 15 heavy (non-hydrogen) atoms. The minimum Gasteiger partial charge on any atom is -0.297 e. The van der Waals surface area contributed by atoms with E-state index in [0.29, 0.717) is 12.0 Å². The third-order valence-electron chi connectivity index (χ3n) is 2.72. The molecule has 1 saturated heterocycles. The van der Waals surface area contributed by atoms with Gasteiger partial charge in [-0.05, 0) is 24.7 Å². The molecule has 0 saturated carbocycles. The van der Waals surface area contributed by atoms with Gasteiger partial charge in [-0.2, -0.15) is 0 Å². The van der Waals surface area contributed by atoms with Crippen LogP contribution in [0.4, 0.5) is 4.39 Å². The highest BCUT2D eigenvalue weighted by atomic mass is 35.5. The fourth-order valence-corrected chi connectivity index (χ4v) is 2.04. The Kier molecular flexibility index (Phi) is 2.76. The summed E-state index contributed by atoms with van der Waals surface area (Å²) in [5, 5.41) is 0.0897. The first-order valence-electron chi connectivity index (χ1n) is 4.77. The topological polar surface area (TPSA) is 20.3 Å². The summed E-state index contributed by atoms with van der Waals surface area (Å²) in [6, 6.07) is 4.23. The molecule has 0 aliphatic carbocycles. The minimum atomic E-state index is -0.470. The molecule has 0 aromatic heterocycles. The second kappa shape index (κ2) is 3.91. The quantitative estimate of drug-likeness (QED) is 0.735. The molecule has 80 valence electrons. The zero-order chi connectivity index (χ0) is 11.0. The van der Waals surface area contributed by atoms with E-state index < -0.39 is 5.82 Å². The molecule has 0 amide bonds. The second-order valence-electron chi connectivity index (χ2n) is 3.77. The summed E-state index contributed by atoms with van der Waals surface area (Å²) in [5.41, 5.74) is 0.682. The van der Waals surface area contributed by atoms with Gasteiger partial charge in [0.1, 0.15) is 5.82 Å². The van der Waals surface area contributed by atoms with Crippen molar-refractivity contribution in [3.63, 3.8) is 0 Å². The molecule has 1 unspecified atom stereocenters. The number of hydrogen-bond donors (Lipinski definition) is 0. The van der Waals surface area contributed by atoms with E-state index in [4.69, 9.17) is 11.6 Å². The van der Waals surface area contributed by atoms with Gasteiger partial charge in [-0.15, -0.1) is 0 Å². The van der Waals surface area contributed by atoms with E-state index in [1.165, 1.54) is 12.1 Å². The summed E-state index contributed by atoms with van der Waals surface area (Å²) in [4.78, 5) is 13.5.